The van der Waals surface area contributed by atoms with E-state index in [9.17, 15) is 4.79 Å². The van der Waals surface area contributed by atoms with Crippen LogP contribution in [0, 0.1) is 11.8 Å². The number of aryl methyl sites for hydroxylation is 2. The van der Waals surface area contributed by atoms with Gasteiger partial charge in [0.25, 0.3) is 0 Å². The number of thioether (sulfide) groups is 1. The first-order valence-corrected chi connectivity index (χ1v) is 5.98. The Morgan fingerprint density at radius 2 is 2.20 bits per heavy atom. The summed E-state index contributed by atoms with van der Waals surface area (Å²) >= 11 is 1.26. The van der Waals surface area contributed by atoms with Crippen LogP contribution in [0.15, 0.2) is 18.2 Å². The molecule has 0 unspecified atom stereocenters. The largest absolute Gasteiger partial charge is 0.288 e. The Morgan fingerprint density at radius 1 is 1.40 bits per heavy atom. The van der Waals surface area contributed by atoms with Gasteiger partial charge in [0.2, 0.25) is 0 Å². The summed E-state index contributed by atoms with van der Waals surface area (Å²) in [5, 5.41) is 0.126. The number of rotatable bonds is 1. The molecule has 0 spiro atoms. The van der Waals surface area contributed by atoms with Crippen LogP contribution < -0.4 is 0 Å². The zero-order chi connectivity index (χ0) is 10.7. The molecule has 0 aliphatic heterocycles. The minimum atomic E-state index is 0.126. The lowest BCUT2D eigenvalue weighted by Gasteiger charge is -2.17. The molecule has 1 aromatic carbocycles. The van der Waals surface area contributed by atoms with E-state index in [-0.39, 0.29) is 5.12 Å². The van der Waals surface area contributed by atoms with E-state index in [0.717, 1.165) is 5.56 Å². The Kier molecular flexibility index (Phi) is 3.13. The molecule has 76 valence electrons. The molecule has 0 saturated carbocycles. The lowest BCUT2D eigenvalue weighted by Crippen LogP contribution is -2.07. The number of fused-ring (bicyclic) bond motifs is 1. The minimum absolute atomic E-state index is 0.126. The lowest BCUT2D eigenvalue weighted by atomic mass is 9.87. The van der Waals surface area contributed by atoms with Crippen molar-refractivity contribution in [2.24, 2.45) is 0 Å². The maximum Gasteiger partial charge on any atom is 0.186 e. The number of hydrogen-bond acceptors (Lipinski definition) is 2. The molecular formula is C13H12OS. The Labute approximate surface area is 94.3 Å². The fraction of sp³-hybridized carbons (Fsp3) is 0.308. The average Bonchev–Trinajstić information content (AvgIpc) is 2.16. The molecule has 1 aliphatic rings. The summed E-state index contributed by atoms with van der Waals surface area (Å²) in [4.78, 5) is 10.7. The Bertz CT molecular complexity index is 451. The summed E-state index contributed by atoms with van der Waals surface area (Å²) in [6.07, 6.45) is 2.40. The van der Waals surface area contributed by atoms with E-state index in [1.807, 2.05) is 0 Å². The van der Waals surface area contributed by atoms with Crippen molar-refractivity contribution in [2.75, 3.05) is 5.75 Å². The molecule has 0 amide bonds. The molecule has 1 aliphatic carbocycles. The van der Waals surface area contributed by atoms with Gasteiger partial charge in [-0.25, -0.2) is 0 Å². The highest BCUT2D eigenvalue weighted by atomic mass is 32.2. The number of benzene rings is 1. The van der Waals surface area contributed by atoms with Crippen LogP contribution in [0.5, 0.6) is 0 Å². The van der Waals surface area contributed by atoms with Gasteiger partial charge in [0.1, 0.15) is 0 Å². The SMILES string of the molecule is CC(=O)SCC#Cc1ccc2c(c1)CC2. The van der Waals surface area contributed by atoms with Crippen molar-refractivity contribution in [1.82, 2.24) is 0 Å². The summed E-state index contributed by atoms with van der Waals surface area (Å²) in [5.74, 6) is 6.66. The molecule has 0 bridgehead atoms. The van der Waals surface area contributed by atoms with Gasteiger partial charge in [-0.2, -0.15) is 0 Å². The van der Waals surface area contributed by atoms with Gasteiger partial charge in [-0.3, -0.25) is 4.79 Å². The van der Waals surface area contributed by atoms with Crippen LogP contribution in [0.2, 0.25) is 0 Å². The van der Waals surface area contributed by atoms with Crippen molar-refractivity contribution in [2.45, 2.75) is 19.8 Å². The molecule has 0 saturated heterocycles. The second kappa shape index (κ2) is 4.55. The van der Waals surface area contributed by atoms with E-state index in [0.29, 0.717) is 5.75 Å². The molecule has 0 atom stereocenters. The topological polar surface area (TPSA) is 17.1 Å². The normalized spacial score (nSPS) is 12.1. The van der Waals surface area contributed by atoms with Gasteiger partial charge in [-0.05, 0) is 36.1 Å². The minimum Gasteiger partial charge on any atom is -0.288 e. The lowest BCUT2D eigenvalue weighted by molar-refractivity contribution is -0.109. The van der Waals surface area contributed by atoms with Gasteiger partial charge in [0.15, 0.2) is 5.12 Å². The van der Waals surface area contributed by atoms with Crippen molar-refractivity contribution >= 4 is 16.9 Å². The zero-order valence-corrected chi connectivity index (χ0v) is 9.49. The predicted molar refractivity (Wildman–Crippen MR) is 63.9 cm³/mol. The van der Waals surface area contributed by atoms with E-state index in [4.69, 9.17) is 0 Å². The maximum absolute atomic E-state index is 10.7. The standard InChI is InChI=1S/C13H12OS/c1-10(14)15-8-2-3-11-4-5-12-6-7-13(12)9-11/h4-5,9H,6-8H2,1H3. The van der Waals surface area contributed by atoms with E-state index in [2.05, 4.69) is 30.0 Å². The summed E-state index contributed by atoms with van der Waals surface area (Å²) in [5.41, 5.74) is 3.96. The van der Waals surface area contributed by atoms with Crippen LogP contribution in [0.25, 0.3) is 0 Å². The summed E-state index contributed by atoms with van der Waals surface area (Å²) in [6, 6.07) is 6.37. The van der Waals surface area contributed by atoms with E-state index < -0.39 is 0 Å². The number of hydrogen-bond donors (Lipinski definition) is 0. The monoisotopic (exact) mass is 216 g/mol. The van der Waals surface area contributed by atoms with Gasteiger partial charge in [-0.1, -0.05) is 29.7 Å². The average molecular weight is 216 g/mol. The molecule has 1 aromatic rings. The van der Waals surface area contributed by atoms with Gasteiger partial charge in [0, 0.05) is 12.5 Å². The smallest absolute Gasteiger partial charge is 0.186 e. The van der Waals surface area contributed by atoms with Gasteiger partial charge >= 0.3 is 0 Å². The Hall–Kier alpha value is -1.20. The maximum atomic E-state index is 10.7. The second-order valence-electron chi connectivity index (χ2n) is 3.57. The van der Waals surface area contributed by atoms with Crippen LogP contribution in [-0.4, -0.2) is 10.9 Å². The fourth-order valence-corrected chi connectivity index (χ4v) is 1.90. The molecule has 0 fully saturated rings. The van der Waals surface area contributed by atoms with Gasteiger partial charge < -0.3 is 0 Å². The molecule has 0 heterocycles. The highest BCUT2D eigenvalue weighted by Gasteiger charge is 2.11. The van der Waals surface area contributed by atoms with Gasteiger partial charge in [0.05, 0.1) is 5.75 Å². The Balaban J connectivity index is 1.98. The molecule has 0 radical (unpaired) electrons. The highest BCUT2D eigenvalue weighted by molar-refractivity contribution is 8.13. The molecular weight excluding hydrogens is 204 g/mol. The van der Waals surface area contributed by atoms with E-state index in [1.165, 1.54) is 35.7 Å². The molecule has 15 heavy (non-hydrogen) atoms. The van der Waals surface area contributed by atoms with Crippen molar-refractivity contribution in [3.8, 4) is 11.8 Å². The molecule has 0 N–H and O–H groups in total. The third-order valence-corrected chi connectivity index (χ3v) is 3.15. The zero-order valence-electron chi connectivity index (χ0n) is 8.67. The van der Waals surface area contributed by atoms with Gasteiger partial charge in [-0.15, -0.1) is 0 Å². The first-order chi connectivity index (χ1) is 7.25. The summed E-state index contributed by atoms with van der Waals surface area (Å²) in [7, 11) is 0. The van der Waals surface area contributed by atoms with E-state index >= 15 is 0 Å². The third kappa shape index (κ3) is 2.64. The van der Waals surface area contributed by atoms with Crippen LogP contribution in [0.4, 0.5) is 0 Å². The fourth-order valence-electron chi connectivity index (χ4n) is 1.55. The molecule has 2 rings (SSSR count). The number of carbonyl (C=O) groups excluding carboxylic acids is 1. The third-order valence-electron chi connectivity index (χ3n) is 2.45. The van der Waals surface area contributed by atoms with Crippen LogP contribution in [-0.2, 0) is 17.6 Å². The highest BCUT2D eigenvalue weighted by Crippen LogP contribution is 2.23. The molecule has 1 nitrogen and oxygen atoms in total. The number of carbonyl (C=O) groups is 1. The van der Waals surface area contributed by atoms with Crippen molar-refractivity contribution in [1.29, 1.82) is 0 Å². The van der Waals surface area contributed by atoms with Crippen LogP contribution >= 0.6 is 11.8 Å². The quantitative estimate of drug-likeness (QED) is 0.671. The molecule has 2 heteroatoms. The Morgan fingerprint density at radius 3 is 2.80 bits per heavy atom. The summed E-state index contributed by atoms with van der Waals surface area (Å²) in [6.45, 7) is 1.57. The van der Waals surface area contributed by atoms with Crippen LogP contribution in [0.1, 0.15) is 23.6 Å². The first kappa shape index (κ1) is 10.3. The van der Waals surface area contributed by atoms with Crippen molar-refractivity contribution < 1.29 is 4.79 Å². The van der Waals surface area contributed by atoms with E-state index in [1.54, 1.807) is 6.92 Å². The van der Waals surface area contributed by atoms with Crippen molar-refractivity contribution in [3.63, 3.8) is 0 Å². The van der Waals surface area contributed by atoms with Crippen molar-refractivity contribution in [3.05, 3.63) is 34.9 Å². The molecule has 0 aromatic heterocycles. The second-order valence-corrected chi connectivity index (χ2v) is 4.72. The summed E-state index contributed by atoms with van der Waals surface area (Å²) < 4.78 is 0. The first-order valence-electron chi connectivity index (χ1n) is 5.00. The predicted octanol–water partition coefficient (Wildman–Crippen LogP) is 2.42. The van der Waals surface area contributed by atoms with Crippen LogP contribution in [0.3, 0.4) is 0 Å².